The third-order valence-electron chi connectivity index (χ3n) is 21.0. The third-order valence-corrected chi connectivity index (χ3v) is 22.1. The fourth-order valence-electron chi connectivity index (χ4n) is 15.2. The lowest BCUT2D eigenvalue weighted by molar-refractivity contribution is 0.341. The molecule has 12 heterocycles. The number of rotatable bonds is 12. The molecule has 0 radical (unpaired) electrons. The van der Waals surface area contributed by atoms with Gasteiger partial charge < -0.3 is 31.9 Å². The van der Waals surface area contributed by atoms with Gasteiger partial charge >= 0.3 is 17.1 Å². The summed E-state index contributed by atoms with van der Waals surface area (Å²) in [5.41, 5.74) is 12.4. The number of aromatic nitrogens is 11. The van der Waals surface area contributed by atoms with Gasteiger partial charge in [0.15, 0.2) is 75.3 Å². The summed E-state index contributed by atoms with van der Waals surface area (Å²) in [4.78, 5) is 86.2. The molecule has 8 aromatic heterocycles. The van der Waals surface area contributed by atoms with E-state index in [1.807, 2.05) is 56.2 Å². The number of benzene rings is 3. The minimum Gasteiger partial charge on any atom is -0.396 e. The van der Waals surface area contributed by atoms with Crippen LogP contribution >= 0.6 is 34.8 Å². The molecule has 0 saturated carbocycles. The van der Waals surface area contributed by atoms with E-state index >= 15 is 26.3 Å². The van der Waals surface area contributed by atoms with E-state index in [9.17, 15) is 40.7 Å². The van der Waals surface area contributed by atoms with E-state index in [1.54, 1.807) is 57.6 Å². The topological polar surface area (TPSA) is 269 Å². The molecular weight excluding hydrogens is 1610 g/mol. The first-order valence-corrected chi connectivity index (χ1v) is 38.8. The van der Waals surface area contributed by atoms with Crippen LogP contribution in [0.15, 0.2) is 68.3 Å². The molecule has 21 nitrogen and oxygen atoms in total. The van der Waals surface area contributed by atoms with Crippen molar-refractivity contribution in [2.75, 3.05) is 71.2 Å². The predicted octanol–water partition coefficient (Wildman–Crippen LogP) is 16.3. The molecule has 3 fully saturated rings. The number of halogens is 15. The highest BCUT2D eigenvalue weighted by Gasteiger charge is 2.38. The van der Waals surface area contributed by atoms with Crippen molar-refractivity contribution >= 4 is 97.5 Å². The van der Waals surface area contributed by atoms with Gasteiger partial charge in [-0.05, 0) is 149 Å². The smallest absolute Gasteiger partial charge is 0.355 e. The first-order valence-electron chi connectivity index (χ1n) is 37.7. The fourth-order valence-corrected chi connectivity index (χ4v) is 15.9. The van der Waals surface area contributed by atoms with Gasteiger partial charge in [0.05, 0.1) is 82.7 Å². The SMILES string of the molecule is Cc1ccnc(C(C)C)c1-n1c(=O)nc(N2CCCCC2)c2c1=NC(c1c(F)c(F)c(F)c(N)c1Cl)C(F)C=2.Cc1ccnc(C(C)C)c1-n1c(=O)nc(N2CCCCC2)c2cc(F)c(-c3c(F)c(N)c(F)c(F)c3Cl)nc21.Cc1ccnc(C(C)C)c1-n1c(=O)nc(N2CCCCC2)c2cc(F)c(-c3c(N)c(F)c(F)c(Cl)c3F)nc21. The quantitative estimate of drug-likeness (QED) is 0.0444. The minimum absolute atomic E-state index is 0.00811. The molecule has 614 valence electrons. The van der Waals surface area contributed by atoms with Crippen molar-refractivity contribution in [3.8, 4) is 39.6 Å². The maximum atomic E-state index is 15.8. The summed E-state index contributed by atoms with van der Waals surface area (Å²) in [5, 5.41) is -2.29. The fraction of sp³-hybridized carbons (Fsp3) is 0.358. The average molecular weight is 1680 g/mol. The number of nitrogen functional groups attached to an aromatic ring is 3. The van der Waals surface area contributed by atoms with E-state index in [1.165, 1.54) is 19.8 Å². The van der Waals surface area contributed by atoms with Gasteiger partial charge in [-0.1, -0.05) is 76.3 Å². The number of anilines is 6. The molecule has 6 N–H and O–H groups in total. The Labute approximate surface area is 675 Å². The number of fused-ring (bicyclic) bond motifs is 3. The molecule has 36 heteroatoms. The normalized spacial score (nSPS) is 15.7. The number of aryl methyl sites for hydroxylation is 3. The highest BCUT2D eigenvalue weighted by atomic mass is 35.5. The number of hydrogen-bond acceptors (Lipinski definition) is 18. The molecule has 4 aliphatic heterocycles. The van der Waals surface area contributed by atoms with Gasteiger partial charge in [-0.15, -0.1) is 0 Å². The van der Waals surface area contributed by atoms with Crippen LogP contribution in [0.1, 0.15) is 162 Å². The van der Waals surface area contributed by atoms with Crippen LogP contribution in [0.4, 0.5) is 87.2 Å². The monoisotopic (exact) mass is 1680 g/mol. The molecule has 4 aliphatic rings. The molecule has 117 heavy (non-hydrogen) atoms. The summed E-state index contributed by atoms with van der Waals surface area (Å²) in [7, 11) is 0. The maximum absolute atomic E-state index is 15.8. The standard InChI is InChI=1S/C27H25ClF4N6O.C27H27ClF4N6O.C27H25ClF4N6O/c1-12(2)22-24(13(3)7-8-34-22)38-26-14(25(36-27(38)39)37-9-5-4-6-10-37)11-15(29)23(35-26)16-18(30)17(28)19(31)20(32)21(16)33;1-12(2)22-24(13(3)7-8-34-22)38-26-14(25(36-27(38)39)37-9-5-4-6-10-37)11-15(29)23(35-26)16-17(28)21(33)20(32)19(31)18(16)30;1-12(2)22-24(13(3)7-8-34-22)38-26-14(25(36-27(38)39)37-9-5-4-6-10-37)11-15(29)23(35-26)16-17(28)19(31)20(32)21(33)18(16)30/h7-8,11-12H,4-6,9-10,33H2,1-3H3;7-8,11-12,15,23H,4-6,9-10,33H2,1-3H3;7-8,11-12H,4-6,9-10,33H2,1-3H3. The van der Waals surface area contributed by atoms with Crippen molar-refractivity contribution in [1.82, 2.24) is 53.6 Å². The summed E-state index contributed by atoms with van der Waals surface area (Å²) in [6.07, 6.45) is 12.2. The number of alkyl halides is 1. The maximum Gasteiger partial charge on any atom is 0.355 e. The summed E-state index contributed by atoms with van der Waals surface area (Å²) in [5.74, 6) is -16.6. The van der Waals surface area contributed by atoms with Crippen molar-refractivity contribution in [3.63, 3.8) is 0 Å². The molecule has 0 spiro atoms. The molecule has 2 unspecified atom stereocenters. The highest BCUT2D eigenvalue weighted by molar-refractivity contribution is 6.34. The number of piperidine rings is 3. The molecule has 0 bridgehead atoms. The molecule has 2 atom stereocenters. The summed E-state index contributed by atoms with van der Waals surface area (Å²) in [6.45, 7) is 20.3. The molecule has 3 saturated heterocycles. The van der Waals surface area contributed by atoms with Crippen LogP contribution in [0.25, 0.3) is 67.7 Å². The van der Waals surface area contributed by atoms with Crippen molar-refractivity contribution in [2.24, 2.45) is 4.99 Å². The van der Waals surface area contributed by atoms with Gasteiger partial charge in [-0.2, -0.15) is 15.0 Å². The predicted molar refractivity (Wildman–Crippen MR) is 426 cm³/mol. The second kappa shape index (κ2) is 33.6. The second-order valence-electron chi connectivity index (χ2n) is 29.8. The van der Waals surface area contributed by atoms with Crippen molar-refractivity contribution in [1.29, 1.82) is 0 Å². The molecule has 0 aliphatic carbocycles. The third kappa shape index (κ3) is 15.2. The van der Waals surface area contributed by atoms with Crippen LogP contribution in [-0.4, -0.2) is 99.0 Å². The van der Waals surface area contributed by atoms with E-state index in [-0.39, 0.29) is 68.0 Å². The number of nitrogens with zero attached hydrogens (tertiary/aromatic N) is 15. The first kappa shape index (κ1) is 84.0. The number of pyridine rings is 5. The summed E-state index contributed by atoms with van der Waals surface area (Å²) < 4.78 is 182. The Hall–Kier alpha value is -10.9. The molecule has 11 aromatic rings. The zero-order chi connectivity index (χ0) is 84.5. The number of hydrogen-bond donors (Lipinski definition) is 3. The molecule has 0 amide bonds. The summed E-state index contributed by atoms with van der Waals surface area (Å²) in [6, 6.07) is 5.49. The van der Waals surface area contributed by atoms with Crippen LogP contribution in [-0.2, 0) is 0 Å². The average Bonchev–Trinajstić information content (AvgIpc) is 0.742. The van der Waals surface area contributed by atoms with Gasteiger partial charge in [-0.3, -0.25) is 19.9 Å². The lowest BCUT2D eigenvalue weighted by Crippen LogP contribution is -2.51. The zero-order valence-corrected chi connectivity index (χ0v) is 66.8. The Morgan fingerprint density at radius 1 is 0.419 bits per heavy atom. The Bertz CT molecular complexity index is 5860. The van der Waals surface area contributed by atoms with Crippen LogP contribution in [0, 0.1) is 84.8 Å². The first-order chi connectivity index (χ1) is 55.6. The Balaban J connectivity index is 0.000000152. The van der Waals surface area contributed by atoms with Crippen molar-refractivity contribution in [2.45, 2.75) is 150 Å². The zero-order valence-electron chi connectivity index (χ0n) is 64.5. The van der Waals surface area contributed by atoms with E-state index in [2.05, 4.69) is 44.9 Å². The number of nitrogens with two attached hydrogens (primary N) is 3. The van der Waals surface area contributed by atoms with Crippen LogP contribution in [0.3, 0.4) is 0 Å². The Kier molecular flexibility index (Phi) is 24.1. The van der Waals surface area contributed by atoms with E-state index in [0.29, 0.717) is 90.1 Å². The Morgan fingerprint density at radius 3 is 1.23 bits per heavy atom. The van der Waals surface area contributed by atoms with E-state index in [4.69, 9.17) is 52.0 Å². The van der Waals surface area contributed by atoms with Gasteiger partial charge in [0.25, 0.3) is 0 Å². The lowest BCUT2D eigenvalue weighted by atomic mass is 9.98. The van der Waals surface area contributed by atoms with E-state index in [0.717, 1.165) is 69.9 Å². The minimum atomic E-state index is -2.01. The van der Waals surface area contributed by atoms with Crippen LogP contribution in [0.5, 0.6) is 0 Å². The van der Waals surface area contributed by atoms with Crippen molar-refractivity contribution < 1.29 is 52.7 Å². The second-order valence-corrected chi connectivity index (χ2v) is 31.0. The van der Waals surface area contributed by atoms with Crippen LogP contribution in [0.2, 0.25) is 15.1 Å². The van der Waals surface area contributed by atoms with E-state index < -0.39 is 153 Å². The lowest BCUT2D eigenvalue weighted by Gasteiger charge is -2.30. The molecule has 3 aromatic carbocycles. The summed E-state index contributed by atoms with van der Waals surface area (Å²) >= 11 is 17.7. The molecule has 15 rings (SSSR count). The van der Waals surface area contributed by atoms with Gasteiger partial charge in [0.2, 0.25) is 0 Å². The molecular formula is C81H77Cl3F12N18O3. The largest absolute Gasteiger partial charge is 0.396 e. The van der Waals surface area contributed by atoms with Crippen molar-refractivity contribution in [3.05, 3.63) is 209 Å². The van der Waals surface area contributed by atoms with Gasteiger partial charge in [0, 0.05) is 63.4 Å². The van der Waals surface area contributed by atoms with Gasteiger partial charge in [-0.25, -0.2) is 90.7 Å². The highest BCUT2D eigenvalue weighted by Crippen LogP contribution is 2.45. The Morgan fingerprint density at radius 2 is 0.795 bits per heavy atom. The van der Waals surface area contributed by atoms with Gasteiger partial charge in [0.1, 0.15) is 57.3 Å². The van der Waals surface area contributed by atoms with Crippen LogP contribution < -0.4 is 59.7 Å².